The summed E-state index contributed by atoms with van der Waals surface area (Å²) >= 11 is 5.34. The molecule has 0 unspecified atom stereocenters. The molecule has 16 heavy (non-hydrogen) atoms. The van der Waals surface area contributed by atoms with Gasteiger partial charge in [-0.1, -0.05) is 0 Å². The molecule has 0 saturated carbocycles. The Balaban J connectivity index is 4.20. The van der Waals surface area contributed by atoms with E-state index in [4.69, 9.17) is 11.6 Å². The average Bonchev–Trinajstić information content (AvgIpc) is 2.25. The van der Waals surface area contributed by atoms with Gasteiger partial charge in [-0.2, -0.15) is 0 Å². The lowest BCUT2D eigenvalue weighted by atomic mass is 10.4. The molecule has 0 aliphatic rings. The van der Waals surface area contributed by atoms with Gasteiger partial charge < -0.3 is 9.64 Å². The first-order chi connectivity index (χ1) is 7.54. The molecule has 0 aromatic carbocycles. The highest BCUT2D eigenvalue weighted by atomic mass is 35.5. The summed E-state index contributed by atoms with van der Waals surface area (Å²) in [7, 11) is 1.23. The quantitative estimate of drug-likeness (QED) is 0.564. The van der Waals surface area contributed by atoms with Crippen LogP contribution in [0.1, 0.15) is 13.3 Å². The van der Waals surface area contributed by atoms with Gasteiger partial charge in [0.1, 0.15) is 6.54 Å². The van der Waals surface area contributed by atoms with E-state index in [1.807, 2.05) is 0 Å². The molecule has 0 heterocycles. The number of alkyl halides is 1. The van der Waals surface area contributed by atoms with Crippen LogP contribution < -0.4 is 5.32 Å². The molecule has 7 heteroatoms. The Morgan fingerprint density at radius 3 is 2.44 bits per heavy atom. The fourth-order valence-electron chi connectivity index (χ4n) is 0.894. The van der Waals surface area contributed by atoms with E-state index < -0.39 is 17.9 Å². The van der Waals surface area contributed by atoms with Crippen LogP contribution in [-0.4, -0.2) is 48.9 Å². The Hall–Kier alpha value is -1.30. The van der Waals surface area contributed by atoms with E-state index in [0.717, 1.165) is 4.90 Å². The molecule has 0 aromatic rings. The Labute approximate surface area is 98.9 Å². The van der Waals surface area contributed by atoms with E-state index in [2.05, 4.69) is 10.1 Å². The summed E-state index contributed by atoms with van der Waals surface area (Å²) in [6.07, 6.45) is 0.0586. The van der Waals surface area contributed by atoms with Crippen LogP contribution in [0.15, 0.2) is 0 Å². The average molecular weight is 251 g/mol. The maximum absolute atomic E-state index is 11.5. The minimum absolute atomic E-state index is 0.0586. The van der Waals surface area contributed by atoms with Crippen LogP contribution in [0, 0.1) is 0 Å². The highest BCUT2D eigenvalue weighted by molar-refractivity contribution is 6.19. The number of hydrogen-bond acceptors (Lipinski definition) is 4. The van der Waals surface area contributed by atoms with Crippen molar-refractivity contribution in [1.82, 2.24) is 10.2 Å². The molecule has 0 radical (unpaired) electrons. The number of carbonyl (C=O) groups excluding carboxylic acids is 3. The van der Waals surface area contributed by atoms with E-state index in [1.54, 1.807) is 6.92 Å². The smallest absolute Gasteiger partial charge is 0.325 e. The van der Waals surface area contributed by atoms with E-state index in [9.17, 15) is 14.4 Å². The third kappa shape index (κ3) is 5.55. The fourth-order valence-corrected chi connectivity index (χ4v) is 1.07. The first kappa shape index (κ1) is 14.7. The van der Waals surface area contributed by atoms with Gasteiger partial charge in [-0.05, 0) is 6.92 Å². The minimum Gasteiger partial charge on any atom is -0.468 e. The maximum atomic E-state index is 11.5. The molecule has 0 spiro atoms. The lowest BCUT2D eigenvalue weighted by molar-refractivity contribution is -0.141. The molecule has 0 bridgehead atoms. The number of methoxy groups -OCH3 is 1. The first-order valence-electron chi connectivity index (χ1n) is 4.76. The van der Waals surface area contributed by atoms with Gasteiger partial charge in [0.2, 0.25) is 5.91 Å². The Kier molecular flexibility index (Phi) is 7.28. The van der Waals surface area contributed by atoms with E-state index in [-0.39, 0.29) is 18.8 Å². The lowest BCUT2D eigenvalue weighted by Gasteiger charge is -2.19. The van der Waals surface area contributed by atoms with Gasteiger partial charge >= 0.3 is 12.0 Å². The molecular weight excluding hydrogens is 236 g/mol. The summed E-state index contributed by atoms with van der Waals surface area (Å²) in [5, 5.41) is 2.12. The van der Waals surface area contributed by atoms with Crippen molar-refractivity contribution in [2.75, 3.05) is 26.1 Å². The number of rotatable bonds is 5. The van der Waals surface area contributed by atoms with Crippen LogP contribution in [0.3, 0.4) is 0 Å². The number of ether oxygens (including phenoxy) is 1. The van der Waals surface area contributed by atoms with E-state index in [1.165, 1.54) is 7.11 Å². The third-order valence-corrected chi connectivity index (χ3v) is 1.97. The zero-order valence-electron chi connectivity index (χ0n) is 9.29. The summed E-state index contributed by atoms with van der Waals surface area (Å²) in [4.78, 5) is 34.6. The fraction of sp³-hybridized carbons (Fsp3) is 0.667. The number of halogens is 1. The van der Waals surface area contributed by atoms with Crippen LogP contribution in [0.2, 0.25) is 0 Å². The highest BCUT2D eigenvalue weighted by Crippen LogP contribution is 1.92. The Morgan fingerprint density at radius 1 is 1.38 bits per heavy atom. The van der Waals surface area contributed by atoms with Crippen LogP contribution in [-0.2, 0) is 14.3 Å². The third-order valence-electron chi connectivity index (χ3n) is 1.78. The van der Waals surface area contributed by atoms with E-state index >= 15 is 0 Å². The summed E-state index contributed by atoms with van der Waals surface area (Å²) < 4.78 is 4.42. The largest absolute Gasteiger partial charge is 0.468 e. The predicted octanol–water partition coefficient (Wildman–Crippen LogP) is 0.346. The topological polar surface area (TPSA) is 75.7 Å². The number of nitrogens with one attached hydrogen (secondary N) is 1. The standard InChI is InChI=1S/C9H15ClN2O4/c1-3-12(6-8(14)16-2)9(15)11-7(13)4-5-10/h3-6H2,1-2H3,(H,11,13,15). The summed E-state index contributed by atoms with van der Waals surface area (Å²) in [5.74, 6) is -0.868. The predicted molar refractivity (Wildman–Crippen MR) is 58.1 cm³/mol. The zero-order valence-corrected chi connectivity index (χ0v) is 10.0. The molecule has 0 rings (SSSR count). The number of likely N-dealkylation sites (N-methyl/N-ethyl adjacent to an activating group) is 1. The van der Waals surface area contributed by atoms with Gasteiger partial charge in [0.05, 0.1) is 7.11 Å². The summed E-state index contributed by atoms with van der Waals surface area (Å²) in [5.41, 5.74) is 0. The van der Waals surface area contributed by atoms with E-state index in [0.29, 0.717) is 6.54 Å². The lowest BCUT2D eigenvalue weighted by Crippen LogP contribution is -2.45. The SMILES string of the molecule is CCN(CC(=O)OC)C(=O)NC(=O)CCCl. The monoisotopic (exact) mass is 250 g/mol. The molecule has 0 aromatic heterocycles. The van der Waals surface area contributed by atoms with Crippen molar-refractivity contribution in [2.45, 2.75) is 13.3 Å². The van der Waals surface area contributed by atoms with Gasteiger partial charge in [0.15, 0.2) is 0 Å². The van der Waals surface area contributed by atoms with Gasteiger partial charge in [-0.3, -0.25) is 14.9 Å². The van der Waals surface area contributed by atoms with Crippen molar-refractivity contribution in [1.29, 1.82) is 0 Å². The van der Waals surface area contributed by atoms with Gasteiger partial charge in [0, 0.05) is 18.8 Å². The van der Waals surface area contributed by atoms with Crippen molar-refractivity contribution in [3.05, 3.63) is 0 Å². The Bertz CT molecular complexity index is 270. The number of nitrogens with zero attached hydrogens (tertiary/aromatic N) is 1. The first-order valence-corrected chi connectivity index (χ1v) is 5.30. The second kappa shape index (κ2) is 7.92. The number of hydrogen-bond donors (Lipinski definition) is 1. The van der Waals surface area contributed by atoms with Crippen LogP contribution in [0.25, 0.3) is 0 Å². The second-order valence-electron chi connectivity index (χ2n) is 2.88. The van der Waals surface area contributed by atoms with Crippen molar-refractivity contribution in [3.63, 3.8) is 0 Å². The number of carbonyl (C=O) groups is 3. The Morgan fingerprint density at radius 2 is 2.00 bits per heavy atom. The normalized spacial score (nSPS) is 9.44. The highest BCUT2D eigenvalue weighted by Gasteiger charge is 2.17. The number of imide groups is 1. The molecule has 3 amide bonds. The van der Waals surface area contributed by atoms with Gasteiger partial charge in [0.25, 0.3) is 0 Å². The molecular formula is C9H15ClN2O4. The number of amides is 3. The molecule has 1 N–H and O–H groups in total. The van der Waals surface area contributed by atoms with Crippen LogP contribution >= 0.6 is 11.6 Å². The van der Waals surface area contributed by atoms with Crippen molar-refractivity contribution >= 4 is 29.5 Å². The molecule has 6 nitrogen and oxygen atoms in total. The van der Waals surface area contributed by atoms with Gasteiger partial charge in [-0.15, -0.1) is 11.6 Å². The molecule has 0 atom stereocenters. The summed E-state index contributed by atoms with van der Waals surface area (Å²) in [6.45, 7) is 1.80. The van der Waals surface area contributed by atoms with Crippen molar-refractivity contribution < 1.29 is 19.1 Å². The van der Waals surface area contributed by atoms with Gasteiger partial charge in [-0.25, -0.2) is 4.79 Å². The maximum Gasteiger partial charge on any atom is 0.325 e. The summed E-state index contributed by atoms with van der Waals surface area (Å²) in [6, 6.07) is -0.622. The number of esters is 1. The second-order valence-corrected chi connectivity index (χ2v) is 3.26. The zero-order chi connectivity index (χ0) is 12.6. The van der Waals surface area contributed by atoms with Crippen LogP contribution in [0.4, 0.5) is 4.79 Å². The molecule has 0 aliphatic heterocycles. The molecule has 0 saturated heterocycles. The minimum atomic E-state index is -0.622. The van der Waals surface area contributed by atoms with Crippen molar-refractivity contribution in [2.24, 2.45) is 0 Å². The number of urea groups is 1. The molecule has 0 aliphatic carbocycles. The van der Waals surface area contributed by atoms with Crippen LogP contribution in [0.5, 0.6) is 0 Å². The molecule has 0 fully saturated rings. The molecule has 92 valence electrons. The van der Waals surface area contributed by atoms with Crippen molar-refractivity contribution in [3.8, 4) is 0 Å².